The fourth-order valence-electron chi connectivity index (χ4n) is 3.41. The molecule has 136 valence electrons. The molecule has 0 fully saturated rings. The van der Waals surface area contributed by atoms with Crippen LogP contribution in [0.4, 0.5) is 5.82 Å². The summed E-state index contributed by atoms with van der Waals surface area (Å²) in [5.41, 5.74) is 0.949. The van der Waals surface area contributed by atoms with E-state index < -0.39 is 10.5 Å². The molecule has 3 aromatic rings. The van der Waals surface area contributed by atoms with Crippen LogP contribution in [-0.2, 0) is 13.1 Å². The lowest BCUT2D eigenvalue weighted by atomic mass is 9.99. The van der Waals surface area contributed by atoms with Gasteiger partial charge in [0.2, 0.25) is 0 Å². The molecule has 1 aliphatic heterocycles. The van der Waals surface area contributed by atoms with Crippen LogP contribution in [0.2, 0.25) is 0 Å². The number of hydrogen-bond donors (Lipinski definition) is 0. The van der Waals surface area contributed by atoms with E-state index in [1.54, 1.807) is 15.2 Å². The molecule has 2 aromatic heterocycles. The summed E-state index contributed by atoms with van der Waals surface area (Å²) < 4.78 is 14.4. The zero-order valence-electron chi connectivity index (χ0n) is 14.3. The van der Waals surface area contributed by atoms with Gasteiger partial charge in [-0.1, -0.05) is 12.1 Å². The largest absolute Gasteiger partial charge is 0.438 e. The Morgan fingerprint density at radius 3 is 2.92 bits per heavy atom. The highest BCUT2D eigenvalue weighted by Gasteiger charge is 2.39. The third-order valence-corrected chi connectivity index (χ3v) is 4.67. The van der Waals surface area contributed by atoms with Crippen molar-refractivity contribution in [1.82, 2.24) is 14.1 Å². The lowest BCUT2D eigenvalue weighted by Crippen LogP contribution is -2.31. The van der Waals surface area contributed by atoms with E-state index >= 15 is 0 Å². The minimum atomic E-state index is -0.529. The summed E-state index contributed by atoms with van der Waals surface area (Å²) in [5.74, 6) is -0.546. The summed E-state index contributed by atoms with van der Waals surface area (Å²) in [4.78, 5) is 26.1. The summed E-state index contributed by atoms with van der Waals surface area (Å²) in [5, 5.41) is 10.8. The quantitative estimate of drug-likeness (QED) is 0.381. The second-order valence-electron chi connectivity index (χ2n) is 6.76. The van der Waals surface area contributed by atoms with Gasteiger partial charge in [0.15, 0.2) is 5.58 Å². The Hall–Kier alpha value is -3.10. The van der Waals surface area contributed by atoms with Crippen molar-refractivity contribution in [1.29, 1.82) is 0 Å². The van der Waals surface area contributed by atoms with Gasteiger partial charge >= 0.3 is 17.6 Å². The molecule has 1 aliphatic rings. The zero-order chi connectivity index (χ0) is 18.3. The SMILES string of the molecule is CC1(CCCCn2c(=O)oc3ccccc32)Cn2cc([N+](=O)[O-])nc2O1. The van der Waals surface area contributed by atoms with Crippen molar-refractivity contribution in [3.63, 3.8) is 0 Å². The summed E-state index contributed by atoms with van der Waals surface area (Å²) in [7, 11) is 0. The molecule has 0 N–H and O–H groups in total. The van der Waals surface area contributed by atoms with E-state index in [0.29, 0.717) is 18.7 Å². The highest BCUT2D eigenvalue weighted by molar-refractivity contribution is 5.72. The molecule has 0 amide bonds. The molecule has 1 unspecified atom stereocenters. The van der Waals surface area contributed by atoms with Crippen molar-refractivity contribution < 1.29 is 14.1 Å². The molecule has 9 nitrogen and oxygen atoms in total. The third-order valence-electron chi connectivity index (χ3n) is 4.67. The molecule has 0 aliphatic carbocycles. The summed E-state index contributed by atoms with van der Waals surface area (Å²) in [6.07, 6.45) is 3.80. The predicted molar refractivity (Wildman–Crippen MR) is 92.2 cm³/mol. The van der Waals surface area contributed by atoms with Gasteiger partial charge in [0.05, 0.1) is 12.1 Å². The number of ether oxygens (including phenoxy) is 1. The number of oxazole rings is 1. The monoisotopic (exact) mass is 358 g/mol. The van der Waals surface area contributed by atoms with Gasteiger partial charge in [-0.3, -0.25) is 9.13 Å². The van der Waals surface area contributed by atoms with E-state index in [1.807, 2.05) is 25.1 Å². The minimum absolute atomic E-state index is 0.201. The summed E-state index contributed by atoms with van der Waals surface area (Å²) in [6, 6.07) is 7.65. The maximum atomic E-state index is 12.0. The smallest absolute Gasteiger partial charge is 0.419 e. The number of rotatable bonds is 6. The van der Waals surface area contributed by atoms with E-state index in [-0.39, 0.29) is 17.6 Å². The first kappa shape index (κ1) is 16.4. The van der Waals surface area contributed by atoms with Crippen molar-refractivity contribution in [3.8, 4) is 6.01 Å². The Morgan fingerprint density at radius 1 is 1.35 bits per heavy atom. The number of aryl methyl sites for hydroxylation is 1. The number of hydrogen-bond acceptors (Lipinski definition) is 6. The number of aromatic nitrogens is 3. The molecule has 26 heavy (non-hydrogen) atoms. The second kappa shape index (κ2) is 6.01. The average Bonchev–Trinajstić information content (AvgIpc) is 3.21. The molecule has 0 bridgehead atoms. The van der Waals surface area contributed by atoms with Gasteiger partial charge in [-0.15, -0.1) is 0 Å². The number of imidazole rings is 1. The average molecular weight is 358 g/mol. The van der Waals surface area contributed by atoms with Gasteiger partial charge in [0, 0.05) is 11.5 Å². The minimum Gasteiger partial charge on any atom is -0.438 e. The van der Waals surface area contributed by atoms with Crippen LogP contribution in [0, 0.1) is 10.1 Å². The lowest BCUT2D eigenvalue weighted by molar-refractivity contribution is -0.389. The molecule has 4 rings (SSSR count). The number of nitro groups is 1. The Morgan fingerprint density at radius 2 is 2.15 bits per heavy atom. The standard InChI is InChI=1S/C17H18N4O5/c1-17(11-19-10-14(21(23)24)18-15(19)26-17)8-4-5-9-20-12-6-2-3-7-13(12)25-16(20)22/h2-3,6-7,10H,4-5,8-9,11H2,1H3. The molecular formula is C17H18N4O5. The van der Waals surface area contributed by atoms with E-state index in [2.05, 4.69) is 4.98 Å². The van der Waals surface area contributed by atoms with Crippen molar-refractivity contribution >= 4 is 16.9 Å². The van der Waals surface area contributed by atoms with Gasteiger partial charge < -0.3 is 19.3 Å². The van der Waals surface area contributed by atoms with Gasteiger partial charge in [-0.2, -0.15) is 0 Å². The van der Waals surface area contributed by atoms with Crippen LogP contribution in [-0.4, -0.2) is 24.6 Å². The highest BCUT2D eigenvalue weighted by Crippen LogP contribution is 2.33. The van der Waals surface area contributed by atoms with Crippen LogP contribution in [0.1, 0.15) is 26.2 Å². The van der Waals surface area contributed by atoms with Crippen LogP contribution in [0.25, 0.3) is 11.1 Å². The Kier molecular flexibility index (Phi) is 3.78. The molecule has 1 aromatic carbocycles. The molecule has 0 saturated heterocycles. The number of fused-ring (bicyclic) bond motifs is 2. The van der Waals surface area contributed by atoms with E-state index in [4.69, 9.17) is 9.15 Å². The Bertz CT molecular complexity index is 1010. The first-order chi connectivity index (χ1) is 12.5. The zero-order valence-corrected chi connectivity index (χ0v) is 14.3. The van der Waals surface area contributed by atoms with Crippen molar-refractivity contribution in [3.05, 3.63) is 51.1 Å². The van der Waals surface area contributed by atoms with Gasteiger partial charge in [-0.25, -0.2) is 4.79 Å². The molecule has 9 heteroatoms. The van der Waals surface area contributed by atoms with E-state index in [9.17, 15) is 14.9 Å². The van der Waals surface area contributed by atoms with E-state index in [1.165, 1.54) is 6.20 Å². The van der Waals surface area contributed by atoms with E-state index in [0.717, 1.165) is 24.8 Å². The maximum Gasteiger partial charge on any atom is 0.419 e. The van der Waals surface area contributed by atoms with Gasteiger partial charge in [-0.05, 0) is 43.2 Å². The number of nitrogens with zero attached hydrogens (tertiary/aromatic N) is 4. The van der Waals surface area contributed by atoms with Crippen LogP contribution >= 0.6 is 0 Å². The number of benzene rings is 1. The number of para-hydroxylation sites is 2. The van der Waals surface area contributed by atoms with Crippen LogP contribution < -0.4 is 10.5 Å². The normalized spacial score (nSPS) is 18.8. The topological polar surface area (TPSA) is 105 Å². The first-order valence-corrected chi connectivity index (χ1v) is 8.44. The van der Waals surface area contributed by atoms with Gasteiger partial charge in [0.25, 0.3) is 0 Å². The molecule has 0 radical (unpaired) electrons. The van der Waals surface area contributed by atoms with Gasteiger partial charge in [0.1, 0.15) is 11.8 Å². The van der Waals surface area contributed by atoms with Crippen LogP contribution in [0.5, 0.6) is 6.01 Å². The lowest BCUT2D eigenvalue weighted by Gasteiger charge is -2.21. The Balaban J connectivity index is 1.35. The number of unbranched alkanes of at least 4 members (excludes halogenated alkanes) is 1. The fraction of sp³-hybridized carbons (Fsp3) is 0.412. The molecule has 1 atom stereocenters. The second-order valence-corrected chi connectivity index (χ2v) is 6.76. The highest BCUT2D eigenvalue weighted by atomic mass is 16.6. The maximum absolute atomic E-state index is 12.0. The van der Waals surface area contributed by atoms with Crippen LogP contribution in [0.15, 0.2) is 39.7 Å². The van der Waals surface area contributed by atoms with Crippen LogP contribution in [0.3, 0.4) is 0 Å². The predicted octanol–water partition coefficient (Wildman–Crippen LogP) is 2.72. The molecular weight excluding hydrogens is 340 g/mol. The molecule has 3 heterocycles. The Labute approximate surface area is 148 Å². The molecule has 0 spiro atoms. The third kappa shape index (κ3) is 2.85. The van der Waals surface area contributed by atoms with Crippen molar-refractivity contribution in [2.24, 2.45) is 0 Å². The molecule has 0 saturated carbocycles. The summed E-state index contributed by atoms with van der Waals surface area (Å²) >= 11 is 0. The fourth-order valence-corrected chi connectivity index (χ4v) is 3.41. The van der Waals surface area contributed by atoms with Crippen molar-refractivity contribution in [2.75, 3.05) is 0 Å². The van der Waals surface area contributed by atoms with Crippen molar-refractivity contribution in [2.45, 2.75) is 44.9 Å². The first-order valence-electron chi connectivity index (χ1n) is 8.44. The summed E-state index contributed by atoms with van der Waals surface area (Å²) in [6.45, 7) is 3.06.